The molecule has 4 rings (SSSR count). The minimum atomic E-state index is -0.341. The lowest BCUT2D eigenvalue weighted by atomic mass is 9.97. The van der Waals surface area contributed by atoms with Gasteiger partial charge >= 0.3 is 0 Å². The summed E-state index contributed by atoms with van der Waals surface area (Å²) in [5, 5.41) is 3.13. The Morgan fingerprint density at radius 3 is 2.79 bits per heavy atom. The number of hydrogen-bond donors (Lipinski definition) is 1. The van der Waals surface area contributed by atoms with Gasteiger partial charge in [-0.15, -0.1) is 0 Å². The van der Waals surface area contributed by atoms with Gasteiger partial charge in [0.15, 0.2) is 5.58 Å². The molecule has 0 aliphatic carbocycles. The molecule has 2 aromatic rings. The molecule has 1 N–H and O–H groups in total. The SMILES string of the molecule is CC1CCCC(C)N1CCNC(=O)C1CCCCN1c1nc2cc(F)ccc2o1. The van der Waals surface area contributed by atoms with Crippen LogP contribution in [-0.2, 0) is 4.79 Å². The molecule has 158 valence electrons. The molecule has 2 saturated heterocycles. The van der Waals surface area contributed by atoms with Crippen LogP contribution in [0.15, 0.2) is 22.6 Å². The average Bonchev–Trinajstić information content (AvgIpc) is 3.13. The fourth-order valence-corrected chi connectivity index (χ4v) is 4.79. The fraction of sp³-hybridized carbons (Fsp3) is 0.636. The normalized spacial score (nSPS) is 26.0. The third-order valence-electron chi connectivity index (χ3n) is 6.43. The van der Waals surface area contributed by atoms with Crippen LogP contribution in [0.2, 0.25) is 0 Å². The number of halogens is 1. The van der Waals surface area contributed by atoms with E-state index in [1.165, 1.54) is 31.4 Å². The molecule has 3 heterocycles. The number of carbonyl (C=O) groups is 1. The zero-order valence-corrected chi connectivity index (χ0v) is 17.4. The highest BCUT2D eigenvalue weighted by molar-refractivity contribution is 5.85. The topological polar surface area (TPSA) is 61.6 Å². The van der Waals surface area contributed by atoms with Gasteiger partial charge in [0.25, 0.3) is 6.01 Å². The number of amides is 1. The standard InChI is InChI=1S/C22H31FN4O2/c1-15-6-5-7-16(2)26(15)13-11-24-21(28)19-8-3-4-12-27(19)22-25-18-14-17(23)9-10-20(18)29-22/h9-10,14-16,19H,3-8,11-13H2,1-2H3,(H,24,28). The van der Waals surface area contributed by atoms with E-state index >= 15 is 0 Å². The molecule has 7 heteroatoms. The summed E-state index contributed by atoms with van der Waals surface area (Å²) in [6.07, 6.45) is 6.51. The van der Waals surface area contributed by atoms with Crippen molar-refractivity contribution < 1.29 is 13.6 Å². The number of piperidine rings is 2. The summed E-state index contributed by atoms with van der Waals surface area (Å²) in [5.41, 5.74) is 1.03. The van der Waals surface area contributed by atoms with Crippen LogP contribution in [-0.4, -0.2) is 53.6 Å². The number of benzene rings is 1. The van der Waals surface area contributed by atoms with Crippen LogP contribution in [0.4, 0.5) is 10.4 Å². The number of nitrogens with one attached hydrogen (secondary N) is 1. The number of nitrogens with zero attached hydrogens (tertiary/aromatic N) is 3. The average molecular weight is 403 g/mol. The van der Waals surface area contributed by atoms with Crippen molar-refractivity contribution in [3.05, 3.63) is 24.0 Å². The second-order valence-electron chi connectivity index (χ2n) is 8.47. The van der Waals surface area contributed by atoms with Gasteiger partial charge in [0.1, 0.15) is 17.4 Å². The van der Waals surface area contributed by atoms with Crippen molar-refractivity contribution in [2.45, 2.75) is 70.5 Å². The summed E-state index contributed by atoms with van der Waals surface area (Å²) in [5.74, 6) is -0.318. The van der Waals surface area contributed by atoms with Crippen LogP contribution >= 0.6 is 0 Å². The Morgan fingerprint density at radius 1 is 1.21 bits per heavy atom. The summed E-state index contributed by atoms with van der Waals surface area (Å²) in [6, 6.07) is 5.56. The summed E-state index contributed by atoms with van der Waals surface area (Å²) in [4.78, 5) is 21.8. The largest absolute Gasteiger partial charge is 0.423 e. The molecule has 0 radical (unpaired) electrons. The molecule has 3 unspecified atom stereocenters. The number of anilines is 1. The molecule has 1 aromatic carbocycles. The Morgan fingerprint density at radius 2 is 2.00 bits per heavy atom. The summed E-state index contributed by atoms with van der Waals surface area (Å²) in [7, 11) is 0. The molecule has 0 spiro atoms. The van der Waals surface area contributed by atoms with E-state index in [9.17, 15) is 9.18 Å². The molecule has 6 nitrogen and oxygen atoms in total. The second kappa shape index (κ2) is 8.69. The van der Waals surface area contributed by atoms with Crippen molar-refractivity contribution in [1.82, 2.24) is 15.2 Å². The minimum Gasteiger partial charge on any atom is -0.423 e. The quantitative estimate of drug-likeness (QED) is 0.826. The molecular formula is C22H31FN4O2. The molecule has 0 saturated carbocycles. The number of hydrogen-bond acceptors (Lipinski definition) is 5. The summed E-state index contributed by atoms with van der Waals surface area (Å²) < 4.78 is 19.3. The van der Waals surface area contributed by atoms with Gasteiger partial charge in [-0.2, -0.15) is 4.98 Å². The predicted octanol–water partition coefficient (Wildman–Crippen LogP) is 3.70. The van der Waals surface area contributed by atoms with Gasteiger partial charge in [0.2, 0.25) is 5.91 Å². The third-order valence-corrected chi connectivity index (χ3v) is 6.43. The van der Waals surface area contributed by atoms with Crippen molar-refractivity contribution >= 4 is 23.0 Å². The first-order valence-corrected chi connectivity index (χ1v) is 10.9. The Labute approximate surface area is 171 Å². The monoisotopic (exact) mass is 402 g/mol. The minimum absolute atomic E-state index is 0.0236. The van der Waals surface area contributed by atoms with Crippen LogP contribution in [0.3, 0.4) is 0 Å². The second-order valence-corrected chi connectivity index (χ2v) is 8.47. The van der Waals surface area contributed by atoms with Crippen molar-refractivity contribution in [3.8, 4) is 0 Å². The molecule has 3 atom stereocenters. The van der Waals surface area contributed by atoms with Crippen LogP contribution in [0, 0.1) is 5.82 Å². The highest BCUT2D eigenvalue weighted by atomic mass is 19.1. The first kappa shape index (κ1) is 20.1. The van der Waals surface area contributed by atoms with Gasteiger partial charge in [0.05, 0.1) is 0 Å². The Kier molecular flexibility index (Phi) is 6.04. The number of fused-ring (bicyclic) bond motifs is 1. The van der Waals surface area contributed by atoms with Gasteiger partial charge in [-0.05, 0) is 58.1 Å². The predicted molar refractivity (Wildman–Crippen MR) is 111 cm³/mol. The third kappa shape index (κ3) is 4.39. The zero-order valence-electron chi connectivity index (χ0n) is 17.4. The van der Waals surface area contributed by atoms with Crippen LogP contribution in [0.25, 0.3) is 11.1 Å². The molecular weight excluding hydrogens is 371 g/mol. The number of oxazole rings is 1. The van der Waals surface area contributed by atoms with Gasteiger partial charge in [-0.3, -0.25) is 9.69 Å². The fourth-order valence-electron chi connectivity index (χ4n) is 4.79. The number of aromatic nitrogens is 1. The first-order valence-electron chi connectivity index (χ1n) is 10.9. The summed E-state index contributed by atoms with van der Waals surface area (Å²) in [6.45, 7) is 6.79. The molecule has 1 aromatic heterocycles. The Balaban J connectivity index is 1.40. The van der Waals surface area contributed by atoms with E-state index in [0.29, 0.717) is 42.3 Å². The number of rotatable bonds is 5. The maximum Gasteiger partial charge on any atom is 0.299 e. The van der Waals surface area contributed by atoms with E-state index < -0.39 is 0 Å². The van der Waals surface area contributed by atoms with Gasteiger partial charge < -0.3 is 14.6 Å². The van der Waals surface area contributed by atoms with Crippen molar-refractivity contribution in [2.75, 3.05) is 24.5 Å². The van der Waals surface area contributed by atoms with Crippen molar-refractivity contribution in [2.24, 2.45) is 0 Å². The molecule has 2 fully saturated rings. The van der Waals surface area contributed by atoms with Crippen molar-refractivity contribution in [1.29, 1.82) is 0 Å². The highest BCUT2D eigenvalue weighted by Crippen LogP contribution is 2.28. The maximum atomic E-state index is 13.5. The van der Waals surface area contributed by atoms with E-state index in [1.807, 2.05) is 4.90 Å². The molecule has 1 amide bonds. The van der Waals surface area contributed by atoms with Crippen LogP contribution in [0.5, 0.6) is 0 Å². The first-order chi connectivity index (χ1) is 14.0. The van der Waals surface area contributed by atoms with Crippen LogP contribution in [0.1, 0.15) is 52.4 Å². The van der Waals surface area contributed by atoms with E-state index in [0.717, 1.165) is 25.8 Å². The van der Waals surface area contributed by atoms with E-state index in [-0.39, 0.29) is 17.8 Å². The number of carbonyl (C=O) groups excluding carboxylic acids is 1. The molecule has 2 aliphatic rings. The number of likely N-dealkylation sites (tertiary alicyclic amines) is 1. The summed E-state index contributed by atoms with van der Waals surface area (Å²) >= 11 is 0. The highest BCUT2D eigenvalue weighted by Gasteiger charge is 2.32. The van der Waals surface area contributed by atoms with Crippen LogP contribution < -0.4 is 10.2 Å². The Bertz CT molecular complexity index is 844. The lowest BCUT2D eigenvalue weighted by Gasteiger charge is -2.39. The zero-order chi connectivity index (χ0) is 20.4. The Hall–Kier alpha value is -2.15. The van der Waals surface area contributed by atoms with Gasteiger partial charge in [0, 0.05) is 37.8 Å². The van der Waals surface area contributed by atoms with E-state index in [4.69, 9.17) is 4.42 Å². The lowest BCUT2D eigenvalue weighted by molar-refractivity contribution is -0.123. The smallest absolute Gasteiger partial charge is 0.299 e. The lowest BCUT2D eigenvalue weighted by Crippen LogP contribution is -2.52. The van der Waals surface area contributed by atoms with Gasteiger partial charge in [-0.25, -0.2) is 4.39 Å². The molecule has 2 aliphatic heterocycles. The maximum absolute atomic E-state index is 13.5. The van der Waals surface area contributed by atoms with E-state index in [2.05, 4.69) is 29.0 Å². The molecule has 0 bridgehead atoms. The van der Waals surface area contributed by atoms with E-state index in [1.54, 1.807) is 6.07 Å². The molecule has 29 heavy (non-hydrogen) atoms. The van der Waals surface area contributed by atoms with Gasteiger partial charge in [-0.1, -0.05) is 6.42 Å². The van der Waals surface area contributed by atoms with Crippen molar-refractivity contribution in [3.63, 3.8) is 0 Å².